The van der Waals surface area contributed by atoms with Crippen LogP contribution in [0.1, 0.15) is 101 Å². The number of nitrogens with one attached hydrogen (secondary N) is 3. The van der Waals surface area contributed by atoms with Crippen LogP contribution < -0.4 is 16.0 Å². The van der Waals surface area contributed by atoms with E-state index >= 15 is 4.79 Å². The second-order valence-electron chi connectivity index (χ2n) is 22.3. The van der Waals surface area contributed by atoms with Crippen molar-refractivity contribution in [3.8, 4) is 0 Å². The molecule has 0 spiro atoms. The van der Waals surface area contributed by atoms with E-state index in [0.29, 0.717) is 12.2 Å². The van der Waals surface area contributed by atoms with E-state index in [-0.39, 0.29) is 29.6 Å². The Morgan fingerprint density at radius 1 is 0.557 bits per heavy atom. The Bertz CT molecular complexity index is 2680. The number of amides is 3. The summed E-state index contributed by atoms with van der Waals surface area (Å²) < 4.78 is 5.46. The van der Waals surface area contributed by atoms with Crippen LogP contribution in [0.5, 0.6) is 0 Å². The zero-order valence-electron chi connectivity index (χ0n) is 47.3. The van der Waals surface area contributed by atoms with Crippen molar-refractivity contribution in [2.75, 3.05) is 11.5 Å². The molecule has 6 aromatic rings. The van der Waals surface area contributed by atoms with E-state index in [4.69, 9.17) is 4.43 Å². The van der Waals surface area contributed by atoms with Gasteiger partial charge in [0.1, 0.15) is 12.1 Å². The van der Waals surface area contributed by atoms with Gasteiger partial charge in [0.05, 0.1) is 40.6 Å². The van der Waals surface area contributed by atoms with Crippen molar-refractivity contribution < 1.29 is 33.8 Å². The van der Waals surface area contributed by atoms with Crippen molar-refractivity contribution in [2.45, 2.75) is 126 Å². The summed E-state index contributed by atoms with van der Waals surface area (Å²) in [6.45, 7) is 17.8. The van der Waals surface area contributed by atoms with E-state index in [1.54, 1.807) is 6.08 Å². The van der Waals surface area contributed by atoms with Crippen LogP contribution in [0.15, 0.2) is 194 Å². The Kier molecular flexibility index (Phi) is 22.6. The van der Waals surface area contributed by atoms with Gasteiger partial charge in [0.25, 0.3) is 0 Å². The lowest BCUT2D eigenvalue weighted by molar-refractivity contribution is -0.140. The summed E-state index contributed by atoms with van der Waals surface area (Å²) in [6.07, 6.45) is 1.54. The normalized spacial score (nSPS) is 14.3. The molecule has 0 heterocycles. The summed E-state index contributed by atoms with van der Waals surface area (Å²) in [7, 11) is -2.56. The molecule has 5 atom stereocenters. The fourth-order valence-corrected chi connectivity index (χ4v) is 14.0. The van der Waals surface area contributed by atoms with Crippen LogP contribution >= 0.6 is 23.5 Å². The standard InChI is InChI=1S/C66H81N3O7S2Si/c1-47(2)60(57(45-59(72)73)76-79(8,9)64(5,6)7)69-62(74)56(46-78-66(52-36-22-13-23-37-52,53-38-24-14-25-39-53)54-40-26-15-27-41-54)67-63(75)61(48(3)4)68-58(71)44-55(70)42-28-29-43-77-65(49-30-16-10-17-31-49,50-32-18-11-19-33-50)51-34-20-12-21-35-51/h10-28,30-42,47-48,55-57,60-61,70H,29,43-46H2,1-9H3,(H,67,75)(H,68,71)(H,69,74)(H,72,73)/b42-28+/t55-,56-,57+,60-,61-/m1/s1. The van der Waals surface area contributed by atoms with Crippen LogP contribution in [-0.4, -0.2) is 84.1 Å². The summed E-state index contributed by atoms with van der Waals surface area (Å²) >= 11 is 3.31. The molecule has 0 aliphatic carbocycles. The maximum atomic E-state index is 15.2. The first-order valence-corrected chi connectivity index (χ1v) is 32.3. The largest absolute Gasteiger partial charge is 0.481 e. The van der Waals surface area contributed by atoms with Gasteiger partial charge in [-0.2, -0.15) is 0 Å². The number of allylic oxidation sites excluding steroid dienone is 1. The predicted molar refractivity (Wildman–Crippen MR) is 328 cm³/mol. The summed E-state index contributed by atoms with van der Waals surface area (Å²) in [5.74, 6) is -2.56. The number of carboxylic acid groups (broad SMARTS) is 1. The molecular formula is C66H81N3O7S2Si. The zero-order chi connectivity index (χ0) is 57.2. The van der Waals surface area contributed by atoms with Crippen LogP contribution in [0.2, 0.25) is 18.1 Å². The first-order valence-electron chi connectivity index (χ1n) is 27.4. The minimum absolute atomic E-state index is 0.0669. The van der Waals surface area contributed by atoms with Crippen molar-refractivity contribution in [1.82, 2.24) is 16.0 Å². The third kappa shape index (κ3) is 16.2. The van der Waals surface area contributed by atoms with E-state index in [0.717, 1.165) is 33.4 Å². The van der Waals surface area contributed by atoms with Crippen molar-refractivity contribution in [3.05, 3.63) is 228 Å². The number of aliphatic hydroxyl groups is 1. The number of aliphatic carboxylic acids is 1. The summed E-state index contributed by atoms with van der Waals surface area (Å²) in [5.41, 5.74) is 6.36. The summed E-state index contributed by atoms with van der Waals surface area (Å²) in [5, 5.41) is 30.4. The maximum absolute atomic E-state index is 15.2. The lowest BCUT2D eigenvalue weighted by Crippen LogP contribution is -2.60. The van der Waals surface area contributed by atoms with Gasteiger partial charge in [-0.15, -0.1) is 23.5 Å². The number of hydrogen-bond acceptors (Lipinski definition) is 8. The second-order valence-corrected chi connectivity index (χ2v) is 29.6. The number of carbonyl (C=O) groups is 4. The average molecular weight is 1120 g/mol. The first-order chi connectivity index (χ1) is 37.7. The molecule has 0 saturated carbocycles. The number of thioether (sulfide) groups is 2. The van der Waals surface area contributed by atoms with Gasteiger partial charge >= 0.3 is 5.97 Å². The Labute approximate surface area is 479 Å². The molecule has 0 saturated heterocycles. The second kappa shape index (κ2) is 28.8. The van der Waals surface area contributed by atoms with Gasteiger partial charge in [-0.3, -0.25) is 19.2 Å². The van der Waals surface area contributed by atoms with Gasteiger partial charge < -0.3 is 30.6 Å². The third-order valence-electron chi connectivity index (χ3n) is 14.9. The van der Waals surface area contributed by atoms with Gasteiger partial charge in [-0.25, -0.2) is 0 Å². The van der Waals surface area contributed by atoms with Crippen molar-refractivity contribution in [2.24, 2.45) is 11.8 Å². The molecule has 3 amide bonds. The number of carboxylic acids is 1. The molecule has 13 heteroatoms. The highest BCUT2D eigenvalue weighted by Crippen LogP contribution is 2.50. The lowest BCUT2D eigenvalue weighted by Gasteiger charge is -2.42. The number of carbonyl (C=O) groups excluding carboxylic acids is 3. The summed E-state index contributed by atoms with van der Waals surface area (Å²) in [4.78, 5) is 56.3. The minimum atomic E-state index is -2.56. The molecule has 5 N–H and O–H groups in total. The molecule has 0 unspecified atom stereocenters. The Morgan fingerprint density at radius 3 is 1.30 bits per heavy atom. The zero-order valence-corrected chi connectivity index (χ0v) is 49.9. The van der Waals surface area contributed by atoms with Gasteiger partial charge in [0, 0.05) is 5.75 Å². The van der Waals surface area contributed by atoms with Gasteiger partial charge in [0.15, 0.2) is 8.32 Å². The first kappa shape index (κ1) is 62.0. The number of aliphatic hydroxyl groups excluding tert-OH is 1. The Balaban J connectivity index is 1.24. The van der Waals surface area contributed by atoms with Crippen LogP contribution in [0, 0.1) is 11.8 Å². The number of benzene rings is 6. The molecule has 0 aromatic heterocycles. The molecule has 0 aliphatic rings. The maximum Gasteiger partial charge on any atom is 0.306 e. The third-order valence-corrected chi connectivity index (χ3v) is 22.6. The monoisotopic (exact) mass is 1120 g/mol. The van der Waals surface area contributed by atoms with E-state index in [9.17, 15) is 24.6 Å². The molecule has 0 radical (unpaired) electrons. The fourth-order valence-electron chi connectivity index (χ4n) is 9.67. The fraction of sp³-hybridized carbons (Fsp3) is 0.364. The highest BCUT2D eigenvalue weighted by atomic mass is 32.2. The van der Waals surface area contributed by atoms with Crippen molar-refractivity contribution in [3.63, 3.8) is 0 Å². The van der Waals surface area contributed by atoms with Crippen LogP contribution in [0.25, 0.3) is 0 Å². The quantitative estimate of drug-likeness (QED) is 0.0140. The lowest BCUT2D eigenvalue weighted by atomic mass is 9.84. The van der Waals surface area contributed by atoms with Crippen molar-refractivity contribution >= 4 is 55.5 Å². The topological polar surface area (TPSA) is 154 Å². The SMILES string of the molecule is CC(C)[C@@H](NC(=O)[C@@H](CSC(c1ccccc1)(c1ccccc1)c1ccccc1)NC(=O)[C@H](NC(=O)C[C@H](O)/C=C/CCSC(c1ccccc1)(c1ccccc1)c1ccccc1)C(C)C)[C@H](CC(=O)O)O[Si](C)(C)C(C)(C)C. The van der Waals surface area contributed by atoms with E-state index in [1.165, 1.54) is 11.8 Å². The molecule has 6 rings (SSSR count). The van der Waals surface area contributed by atoms with Crippen LogP contribution in [0.3, 0.4) is 0 Å². The Morgan fingerprint density at radius 2 is 0.949 bits per heavy atom. The highest BCUT2D eigenvalue weighted by molar-refractivity contribution is 8.00. The predicted octanol–water partition coefficient (Wildman–Crippen LogP) is 12.8. The molecule has 79 heavy (non-hydrogen) atoms. The number of rotatable bonds is 28. The molecule has 418 valence electrons. The van der Waals surface area contributed by atoms with Gasteiger partial charge in [-0.1, -0.05) is 243 Å². The number of hydrogen-bond donors (Lipinski definition) is 5. The molecular weight excluding hydrogens is 1040 g/mol. The van der Waals surface area contributed by atoms with E-state index < -0.39 is 77.8 Å². The van der Waals surface area contributed by atoms with E-state index in [2.05, 4.69) is 159 Å². The Hall–Kier alpha value is -6.22. The highest BCUT2D eigenvalue weighted by Gasteiger charge is 2.44. The van der Waals surface area contributed by atoms with Gasteiger partial charge in [-0.05, 0) is 75.5 Å². The molecule has 0 bridgehead atoms. The average Bonchev–Trinajstić information content (AvgIpc) is 3.60. The van der Waals surface area contributed by atoms with Crippen LogP contribution in [-0.2, 0) is 33.1 Å². The van der Waals surface area contributed by atoms with Crippen LogP contribution in [0.4, 0.5) is 0 Å². The summed E-state index contributed by atoms with van der Waals surface area (Å²) in [6, 6.07) is 58.5. The minimum Gasteiger partial charge on any atom is -0.481 e. The molecule has 0 fully saturated rings. The molecule has 0 aliphatic heterocycles. The van der Waals surface area contributed by atoms with Crippen molar-refractivity contribution in [1.29, 1.82) is 0 Å². The molecule has 6 aromatic carbocycles. The van der Waals surface area contributed by atoms with Gasteiger partial charge in [0.2, 0.25) is 17.7 Å². The van der Waals surface area contributed by atoms with E-state index in [1.807, 2.05) is 118 Å². The molecule has 10 nitrogen and oxygen atoms in total. The smallest absolute Gasteiger partial charge is 0.306 e.